The van der Waals surface area contributed by atoms with Gasteiger partial charge in [0.15, 0.2) is 0 Å². The lowest BCUT2D eigenvalue weighted by Gasteiger charge is -2.09. The minimum absolute atomic E-state index is 0.0302. The zero-order chi connectivity index (χ0) is 15.4. The van der Waals surface area contributed by atoms with Crippen molar-refractivity contribution in [3.05, 3.63) is 50.7 Å². The van der Waals surface area contributed by atoms with Gasteiger partial charge in [0, 0.05) is 6.20 Å². The molecule has 0 atom stereocenters. The minimum Gasteiger partial charge on any atom is -0.359 e. The van der Waals surface area contributed by atoms with E-state index in [9.17, 15) is 10.1 Å². The van der Waals surface area contributed by atoms with Crippen LogP contribution in [-0.4, -0.2) is 19.9 Å². The fourth-order valence-corrected chi connectivity index (χ4v) is 2.21. The van der Waals surface area contributed by atoms with Crippen LogP contribution in [0.25, 0.3) is 0 Å². The summed E-state index contributed by atoms with van der Waals surface area (Å²) in [6.07, 6.45) is 2.51. The Hall–Kier alpha value is -2.28. The van der Waals surface area contributed by atoms with E-state index in [1.54, 1.807) is 6.20 Å². The first-order valence-corrected chi connectivity index (χ1v) is 6.76. The summed E-state index contributed by atoms with van der Waals surface area (Å²) in [7, 11) is 0. The van der Waals surface area contributed by atoms with Crippen LogP contribution in [0.15, 0.2) is 18.3 Å². The van der Waals surface area contributed by atoms with E-state index in [1.165, 1.54) is 6.92 Å². The highest BCUT2D eigenvalue weighted by Crippen LogP contribution is 2.26. The second-order valence-corrected chi connectivity index (χ2v) is 4.69. The molecule has 0 saturated carbocycles. The first-order chi connectivity index (χ1) is 10.0. The molecule has 1 N–H and O–H groups in total. The van der Waals surface area contributed by atoms with Crippen molar-refractivity contribution in [2.45, 2.75) is 26.8 Å². The summed E-state index contributed by atoms with van der Waals surface area (Å²) in [5, 5.41) is 14.0. The molecule has 0 amide bonds. The highest BCUT2D eigenvalue weighted by atomic mass is 35.5. The molecule has 7 nitrogen and oxygen atoms in total. The largest absolute Gasteiger partial charge is 0.359 e. The van der Waals surface area contributed by atoms with E-state index in [-0.39, 0.29) is 22.5 Å². The molecule has 2 aromatic rings. The fourth-order valence-electron chi connectivity index (χ4n) is 1.99. The Morgan fingerprint density at radius 1 is 1.43 bits per heavy atom. The van der Waals surface area contributed by atoms with Crippen molar-refractivity contribution in [2.24, 2.45) is 0 Å². The van der Waals surface area contributed by atoms with Gasteiger partial charge in [-0.1, -0.05) is 13.0 Å². The predicted octanol–water partition coefficient (Wildman–Crippen LogP) is 2.92. The predicted molar refractivity (Wildman–Crippen MR) is 79.4 cm³/mol. The van der Waals surface area contributed by atoms with Gasteiger partial charge in [0.1, 0.15) is 5.69 Å². The molecule has 0 aliphatic rings. The molecule has 0 saturated heterocycles. The molecule has 110 valence electrons. The number of aryl methyl sites for hydroxylation is 2. The van der Waals surface area contributed by atoms with Gasteiger partial charge in [-0.05, 0) is 36.6 Å². The van der Waals surface area contributed by atoms with Crippen LogP contribution in [0, 0.1) is 17.0 Å². The highest BCUT2D eigenvalue weighted by molar-refractivity contribution is 6.28. The summed E-state index contributed by atoms with van der Waals surface area (Å²) in [5.74, 6) is 0.102. The van der Waals surface area contributed by atoms with Crippen LogP contribution < -0.4 is 5.32 Å². The van der Waals surface area contributed by atoms with Gasteiger partial charge >= 0.3 is 5.69 Å². The van der Waals surface area contributed by atoms with Crippen LogP contribution in [0.2, 0.25) is 5.28 Å². The van der Waals surface area contributed by atoms with Gasteiger partial charge in [0.2, 0.25) is 11.1 Å². The molecule has 0 aliphatic heterocycles. The van der Waals surface area contributed by atoms with Crippen LogP contribution in [0.4, 0.5) is 11.5 Å². The summed E-state index contributed by atoms with van der Waals surface area (Å²) < 4.78 is 0. The van der Waals surface area contributed by atoms with Gasteiger partial charge in [-0.25, -0.2) is 4.98 Å². The zero-order valence-corrected chi connectivity index (χ0v) is 12.4. The summed E-state index contributed by atoms with van der Waals surface area (Å²) in [6, 6.07) is 3.83. The summed E-state index contributed by atoms with van der Waals surface area (Å²) in [6.45, 7) is 3.88. The van der Waals surface area contributed by atoms with Crippen LogP contribution in [0.1, 0.15) is 23.9 Å². The molecule has 0 aromatic carbocycles. The molecule has 0 aliphatic carbocycles. The Morgan fingerprint density at radius 3 is 2.86 bits per heavy atom. The summed E-state index contributed by atoms with van der Waals surface area (Å²) >= 11 is 5.77. The maximum atomic E-state index is 11.1. The van der Waals surface area contributed by atoms with E-state index >= 15 is 0 Å². The third-order valence-corrected chi connectivity index (χ3v) is 3.17. The molecule has 0 unspecified atom stereocenters. The number of pyridine rings is 1. The number of hydrogen-bond donors (Lipinski definition) is 1. The Balaban J connectivity index is 2.30. The van der Waals surface area contributed by atoms with Crippen LogP contribution in [0.5, 0.6) is 0 Å². The monoisotopic (exact) mass is 307 g/mol. The zero-order valence-electron chi connectivity index (χ0n) is 11.6. The number of nitrogens with zero attached hydrogens (tertiary/aromatic N) is 4. The average molecular weight is 308 g/mol. The molecule has 0 bridgehead atoms. The molecule has 8 heteroatoms. The molecule has 2 rings (SSSR count). The second kappa shape index (κ2) is 6.45. The third kappa shape index (κ3) is 3.43. The van der Waals surface area contributed by atoms with Crippen molar-refractivity contribution in [1.29, 1.82) is 0 Å². The lowest BCUT2D eigenvalue weighted by atomic mass is 10.1. The van der Waals surface area contributed by atoms with Crippen molar-refractivity contribution in [3.8, 4) is 0 Å². The van der Waals surface area contributed by atoms with E-state index in [4.69, 9.17) is 11.6 Å². The van der Waals surface area contributed by atoms with Crippen LogP contribution >= 0.6 is 11.6 Å². The molecular formula is C13H14ClN5O2. The Morgan fingerprint density at radius 2 is 2.19 bits per heavy atom. The number of rotatable bonds is 5. The van der Waals surface area contributed by atoms with Gasteiger partial charge < -0.3 is 5.32 Å². The van der Waals surface area contributed by atoms with Gasteiger partial charge in [0.05, 0.1) is 17.2 Å². The van der Waals surface area contributed by atoms with Crippen molar-refractivity contribution in [2.75, 3.05) is 5.32 Å². The standard InChI is InChI=1S/C13H14ClN5O2/c1-3-9-5-4-6-15-10(9)7-16-12-11(19(20)21)8(2)17-13(14)18-12/h4-6H,3,7H2,1-2H3,(H,16,17,18). The lowest BCUT2D eigenvalue weighted by Crippen LogP contribution is -2.10. The molecule has 0 radical (unpaired) electrons. The van der Waals surface area contributed by atoms with E-state index in [0.717, 1.165) is 17.7 Å². The van der Waals surface area contributed by atoms with E-state index in [1.807, 2.05) is 19.1 Å². The Bertz CT molecular complexity index is 678. The van der Waals surface area contributed by atoms with Crippen molar-refractivity contribution >= 4 is 23.1 Å². The maximum absolute atomic E-state index is 11.1. The first-order valence-electron chi connectivity index (χ1n) is 6.38. The SMILES string of the molecule is CCc1cccnc1CNc1nc(Cl)nc(C)c1[N+](=O)[O-]. The van der Waals surface area contributed by atoms with Crippen LogP contribution in [-0.2, 0) is 13.0 Å². The Labute approximate surface area is 126 Å². The number of anilines is 1. The second-order valence-electron chi connectivity index (χ2n) is 4.35. The van der Waals surface area contributed by atoms with Crippen molar-refractivity contribution in [1.82, 2.24) is 15.0 Å². The van der Waals surface area contributed by atoms with E-state index in [0.29, 0.717) is 6.54 Å². The molecule has 0 spiro atoms. The minimum atomic E-state index is -0.521. The quantitative estimate of drug-likeness (QED) is 0.518. The molecule has 0 fully saturated rings. The van der Waals surface area contributed by atoms with Gasteiger partial charge in [-0.3, -0.25) is 15.1 Å². The van der Waals surface area contributed by atoms with Gasteiger partial charge in [-0.2, -0.15) is 4.98 Å². The van der Waals surface area contributed by atoms with Crippen LogP contribution in [0.3, 0.4) is 0 Å². The summed E-state index contributed by atoms with van der Waals surface area (Å²) in [5.41, 5.74) is 1.94. The normalized spacial score (nSPS) is 10.4. The number of hydrogen-bond acceptors (Lipinski definition) is 6. The van der Waals surface area contributed by atoms with E-state index < -0.39 is 4.92 Å². The molecule has 2 aromatic heterocycles. The topological polar surface area (TPSA) is 93.8 Å². The van der Waals surface area contributed by atoms with E-state index in [2.05, 4.69) is 20.3 Å². The molecule has 21 heavy (non-hydrogen) atoms. The average Bonchev–Trinajstić information content (AvgIpc) is 2.44. The van der Waals surface area contributed by atoms with Gasteiger partial charge in [0.25, 0.3) is 0 Å². The lowest BCUT2D eigenvalue weighted by molar-refractivity contribution is -0.385. The number of aromatic nitrogens is 3. The molecule has 2 heterocycles. The highest BCUT2D eigenvalue weighted by Gasteiger charge is 2.21. The van der Waals surface area contributed by atoms with Crippen molar-refractivity contribution < 1.29 is 4.92 Å². The molecular weight excluding hydrogens is 294 g/mol. The third-order valence-electron chi connectivity index (χ3n) is 3.00. The number of halogens is 1. The number of nitro groups is 1. The smallest absolute Gasteiger partial charge is 0.332 e. The fraction of sp³-hybridized carbons (Fsp3) is 0.308. The maximum Gasteiger partial charge on any atom is 0.332 e. The summed E-state index contributed by atoms with van der Waals surface area (Å²) in [4.78, 5) is 22.6. The van der Waals surface area contributed by atoms with Crippen molar-refractivity contribution in [3.63, 3.8) is 0 Å². The Kier molecular flexibility index (Phi) is 4.64. The first kappa shape index (κ1) is 15.1. The number of nitrogens with one attached hydrogen (secondary N) is 1. The van der Waals surface area contributed by atoms with Gasteiger partial charge in [-0.15, -0.1) is 0 Å².